The zero-order valence-corrected chi connectivity index (χ0v) is 15.2. The standard InChI is InChI=1S/C15H14BrClN4O3/c1-23-8-4-3-6(11(17)12(8)24-2)7-5-9(22)19-14-10(7)13(18)20-15(16)21-14/h3-4,7H,5H2,1-2H3,(H3,18,19,20,21,22). The highest BCUT2D eigenvalue weighted by molar-refractivity contribution is 9.10. The lowest BCUT2D eigenvalue weighted by atomic mass is 9.86. The summed E-state index contributed by atoms with van der Waals surface area (Å²) < 4.78 is 10.9. The fourth-order valence-electron chi connectivity index (χ4n) is 2.81. The number of nitrogens with two attached hydrogens (primary N) is 1. The Balaban J connectivity index is 2.20. The summed E-state index contributed by atoms with van der Waals surface area (Å²) in [6, 6.07) is 3.53. The molecular formula is C15H14BrClN4O3. The number of nitrogens with zero attached hydrogens (tertiary/aromatic N) is 2. The molecule has 0 fully saturated rings. The normalized spacial score (nSPS) is 16.3. The van der Waals surface area contributed by atoms with E-state index in [1.165, 1.54) is 14.2 Å². The fourth-order valence-corrected chi connectivity index (χ4v) is 3.54. The molecule has 0 aliphatic carbocycles. The molecule has 1 aromatic heterocycles. The van der Waals surface area contributed by atoms with Gasteiger partial charge in [0.05, 0.1) is 19.2 Å². The quantitative estimate of drug-likeness (QED) is 0.751. The molecule has 0 saturated carbocycles. The number of ether oxygens (including phenoxy) is 2. The molecule has 1 atom stereocenters. The highest BCUT2D eigenvalue weighted by atomic mass is 79.9. The van der Waals surface area contributed by atoms with Crippen LogP contribution in [-0.2, 0) is 4.79 Å². The Kier molecular flexibility index (Phi) is 4.51. The smallest absolute Gasteiger partial charge is 0.226 e. The fraction of sp³-hybridized carbons (Fsp3) is 0.267. The maximum Gasteiger partial charge on any atom is 0.226 e. The van der Waals surface area contributed by atoms with Gasteiger partial charge in [-0.15, -0.1) is 0 Å². The second kappa shape index (κ2) is 6.45. The number of carbonyl (C=O) groups is 1. The SMILES string of the molecule is COc1ccc(C2CC(=O)Nc3nc(Br)nc(N)c32)c(Cl)c1OC. The number of anilines is 2. The third kappa shape index (κ3) is 2.76. The summed E-state index contributed by atoms with van der Waals surface area (Å²) in [6.07, 6.45) is 0.178. The van der Waals surface area contributed by atoms with Crippen molar-refractivity contribution in [3.8, 4) is 11.5 Å². The van der Waals surface area contributed by atoms with E-state index in [1.54, 1.807) is 12.1 Å². The monoisotopic (exact) mass is 412 g/mol. The number of fused-ring (bicyclic) bond motifs is 1. The van der Waals surface area contributed by atoms with Gasteiger partial charge in [0.2, 0.25) is 10.6 Å². The number of aromatic nitrogens is 2. The van der Waals surface area contributed by atoms with Crippen LogP contribution in [0.1, 0.15) is 23.5 Å². The highest BCUT2D eigenvalue weighted by Gasteiger charge is 2.33. The third-order valence-electron chi connectivity index (χ3n) is 3.83. The molecule has 0 bridgehead atoms. The van der Waals surface area contributed by atoms with Gasteiger partial charge in [0.1, 0.15) is 11.6 Å². The van der Waals surface area contributed by atoms with E-state index in [-0.39, 0.29) is 24.1 Å². The van der Waals surface area contributed by atoms with E-state index in [0.29, 0.717) is 38.2 Å². The van der Waals surface area contributed by atoms with Crippen molar-refractivity contribution in [2.75, 3.05) is 25.3 Å². The summed E-state index contributed by atoms with van der Waals surface area (Å²) in [5.74, 6) is 1.01. The Morgan fingerprint density at radius 2 is 2.08 bits per heavy atom. The number of amides is 1. The number of nitrogen functional groups attached to an aromatic ring is 1. The Morgan fingerprint density at radius 1 is 1.33 bits per heavy atom. The van der Waals surface area contributed by atoms with Crippen molar-refractivity contribution in [1.82, 2.24) is 9.97 Å². The van der Waals surface area contributed by atoms with Gasteiger partial charge < -0.3 is 20.5 Å². The molecule has 0 saturated heterocycles. The van der Waals surface area contributed by atoms with Gasteiger partial charge in [0.15, 0.2) is 11.5 Å². The molecule has 1 unspecified atom stereocenters. The zero-order chi connectivity index (χ0) is 17.4. The van der Waals surface area contributed by atoms with Crippen LogP contribution in [0.3, 0.4) is 0 Å². The van der Waals surface area contributed by atoms with E-state index in [2.05, 4.69) is 31.2 Å². The number of hydrogen-bond donors (Lipinski definition) is 2. The molecule has 1 amide bonds. The minimum atomic E-state index is -0.380. The van der Waals surface area contributed by atoms with E-state index in [1.807, 2.05) is 0 Å². The average Bonchev–Trinajstić information content (AvgIpc) is 2.52. The predicted octanol–water partition coefficient (Wildman–Crippen LogP) is 2.97. The number of hydrogen-bond acceptors (Lipinski definition) is 6. The molecule has 1 aromatic carbocycles. The summed E-state index contributed by atoms with van der Waals surface area (Å²) in [7, 11) is 3.03. The van der Waals surface area contributed by atoms with Gasteiger partial charge in [-0.2, -0.15) is 0 Å². The number of nitrogens with one attached hydrogen (secondary N) is 1. The van der Waals surface area contributed by atoms with Crippen LogP contribution >= 0.6 is 27.5 Å². The minimum Gasteiger partial charge on any atom is -0.493 e. The molecule has 0 spiro atoms. The van der Waals surface area contributed by atoms with Crippen LogP contribution in [-0.4, -0.2) is 30.1 Å². The first-order valence-electron chi connectivity index (χ1n) is 6.99. The topological polar surface area (TPSA) is 99.4 Å². The number of rotatable bonds is 3. The summed E-state index contributed by atoms with van der Waals surface area (Å²) in [6.45, 7) is 0. The van der Waals surface area contributed by atoms with E-state index in [9.17, 15) is 4.79 Å². The second-order valence-electron chi connectivity index (χ2n) is 5.15. The van der Waals surface area contributed by atoms with Crippen LogP contribution in [0.4, 0.5) is 11.6 Å². The van der Waals surface area contributed by atoms with Crippen LogP contribution < -0.4 is 20.5 Å². The largest absolute Gasteiger partial charge is 0.493 e. The molecule has 2 heterocycles. The Labute approximate surface area is 151 Å². The zero-order valence-electron chi connectivity index (χ0n) is 12.9. The summed E-state index contributed by atoms with van der Waals surface area (Å²) in [5, 5.41) is 3.08. The van der Waals surface area contributed by atoms with Crippen molar-refractivity contribution < 1.29 is 14.3 Å². The maximum atomic E-state index is 12.1. The van der Waals surface area contributed by atoms with Crippen molar-refractivity contribution >= 4 is 45.1 Å². The molecule has 24 heavy (non-hydrogen) atoms. The Morgan fingerprint density at radius 3 is 2.75 bits per heavy atom. The van der Waals surface area contributed by atoms with Gasteiger partial charge in [-0.05, 0) is 27.6 Å². The van der Waals surface area contributed by atoms with Crippen molar-refractivity contribution in [2.45, 2.75) is 12.3 Å². The molecule has 3 rings (SSSR count). The van der Waals surface area contributed by atoms with Gasteiger partial charge >= 0.3 is 0 Å². The summed E-state index contributed by atoms with van der Waals surface area (Å²) in [5.41, 5.74) is 7.39. The van der Waals surface area contributed by atoms with Gasteiger partial charge in [-0.3, -0.25) is 4.79 Å². The predicted molar refractivity (Wildman–Crippen MR) is 93.8 cm³/mol. The maximum absolute atomic E-state index is 12.1. The van der Waals surface area contributed by atoms with Crippen molar-refractivity contribution in [3.05, 3.63) is 33.0 Å². The molecule has 1 aliphatic heterocycles. The second-order valence-corrected chi connectivity index (χ2v) is 6.24. The Hall–Kier alpha value is -2.06. The lowest BCUT2D eigenvalue weighted by molar-refractivity contribution is -0.116. The molecule has 7 nitrogen and oxygen atoms in total. The van der Waals surface area contributed by atoms with Gasteiger partial charge in [-0.1, -0.05) is 17.7 Å². The average molecular weight is 414 g/mol. The first-order valence-corrected chi connectivity index (χ1v) is 8.16. The molecule has 1 aliphatic rings. The van der Waals surface area contributed by atoms with Crippen molar-refractivity contribution in [1.29, 1.82) is 0 Å². The summed E-state index contributed by atoms with van der Waals surface area (Å²) >= 11 is 9.67. The molecular weight excluding hydrogens is 400 g/mol. The van der Waals surface area contributed by atoms with E-state index >= 15 is 0 Å². The molecule has 9 heteroatoms. The molecule has 0 radical (unpaired) electrons. The molecule has 126 valence electrons. The first-order chi connectivity index (χ1) is 11.5. The highest BCUT2D eigenvalue weighted by Crippen LogP contribution is 2.46. The van der Waals surface area contributed by atoms with Gasteiger partial charge in [-0.25, -0.2) is 9.97 Å². The van der Waals surface area contributed by atoms with Gasteiger partial charge in [0, 0.05) is 17.9 Å². The lowest BCUT2D eigenvalue weighted by Gasteiger charge is -2.27. The van der Waals surface area contributed by atoms with Crippen LogP contribution in [0.2, 0.25) is 5.02 Å². The van der Waals surface area contributed by atoms with Crippen molar-refractivity contribution in [3.63, 3.8) is 0 Å². The van der Waals surface area contributed by atoms with Gasteiger partial charge in [0.25, 0.3) is 0 Å². The lowest BCUT2D eigenvalue weighted by Crippen LogP contribution is -2.26. The number of methoxy groups -OCH3 is 2. The summed E-state index contributed by atoms with van der Waals surface area (Å²) in [4.78, 5) is 20.4. The number of halogens is 2. The Bertz CT molecular complexity index is 831. The van der Waals surface area contributed by atoms with Crippen LogP contribution in [0.15, 0.2) is 16.9 Å². The van der Waals surface area contributed by atoms with Crippen LogP contribution in [0, 0.1) is 0 Å². The first kappa shape index (κ1) is 16.8. The van der Waals surface area contributed by atoms with Crippen molar-refractivity contribution in [2.24, 2.45) is 0 Å². The van der Waals surface area contributed by atoms with E-state index in [4.69, 9.17) is 26.8 Å². The van der Waals surface area contributed by atoms with E-state index < -0.39 is 0 Å². The molecule has 2 aromatic rings. The van der Waals surface area contributed by atoms with E-state index in [0.717, 1.165) is 0 Å². The number of carbonyl (C=O) groups excluding carboxylic acids is 1. The number of benzene rings is 1. The van der Waals surface area contributed by atoms with Crippen LogP contribution in [0.5, 0.6) is 11.5 Å². The third-order valence-corrected chi connectivity index (χ3v) is 4.58. The molecule has 3 N–H and O–H groups in total. The minimum absolute atomic E-state index is 0.177. The van der Waals surface area contributed by atoms with Crippen LogP contribution in [0.25, 0.3) is 0 Å².